The molecule has 0 aliphatic carbocycles. The zero-order chi connectivity index (χ0) is 38.1. The van der Waals surface area contributed by atoms with Crippen LogP contribution in [0.3, 0.4) is 0 Å². The van der Waals surface area contributed by atoms with E-state index in [1.807, 2.05) is 12.3 Å². The molecular formula is C42H50F3N7O3. The number of anilines is 1. The number of halogens is 3. The van der Waals surface area contributed by atoms with Crippen molar-refractivity contribution in [2.24, 2.45) is 11.7 Å². The lowest BCUT2D eigenvalue weighted by Gasteiger charge is -2.39. The molecule has 0 saturated carbocycles. The fourth-order valence-electron chi connectivity index (χ4n) is 8.97. The Hall–Kier alpha value is -4.43. The number of piperazine rings is 1. The van der Waals surface area contributed by atoms with E-state index in [9.17, 15) is 22.8 Å². The molecule has 1 atom stereocenters. The van der Waals surface area contributed by atoms with Crippen molar-refractivity contribution in [3.05, 3.63) is 83.6 Å². The average molecular weight is 758 g/mol. The number of hydrogen-bond acceptors (Lipinski definition) is 8. The number of imide groups is 1. The highest BCUT2D eigenvalue weighted by atomic mass is 19.4. The Bertz CT molecular complexity index is 2020. The van der Waals surface area contributed by atoms with E-state index in [0.717, 1.165) is 108 Å². The number of carbonyl (C=O) groups excluding carboxylic acids is 2. The Balaban J connectivity index is 0.837. The van der Waals surface area contributed by atoms with Gasteiger partial charge < -0.3 is 19.9 Å². The first-order valence-corrected chi connectivity index (χ1v) is 19.7. The number of aryl methyl sites for hydroxylation is 1. The molecule has 5 heterocycles. The normalized spacial score (nSPS) is 20.7. The summed E-state index contributed by atoms with van der Waals surface area (Å²) in [5.74, 6) is 0.0933. The molecule has 0 bridgehead atoms. The number of piperidine rings is 2. The van der Waals surface area contributed by atoms with E-state index in [4.69, 9.17) is 5.73 Å². The Morgan fingerprint density at radius 1 is 0.855 bits per heavy atom. The van der Waals surface area contributed by atoms with E-state index >= 15 is 0 Å². The number of fused-ring (bicyclic) bond motifs is 2. The molecule has 3 fully saturated rings. The van der Waals surface area contributed by atoms with Crippen LogP contribution in [0.5, 0.6) is 5.75 Å². The van der Waals surface area contributed by atoms with Gasteiger partial charge in [-0.3, -0.25) is 29.6 Å². The molecule has 13 heteroatoms. The Morgan fingerprint density at radius 3 is 2.42 bits per heavy atom. The van der Waals surface area contributed by atoms with Crippen LogP contribution in [0.4, 0.5) is 18.9 Å². The molecule has 0 spiro atoms. The van der Waals surface area contributed by atoms with Crippen LogP contribution in [-0.2, 0) is 35.8 Å². The third-order valence-corrected chi connectivity index (χ3v) is 11.9. The van der Waals surface area contributed by atoms with Gasteiger partial charge in [-0.1, -0.05) is 24.3 Å². The van der Waals surface area contributed by atoms with Gasteiger partial charge in [-0.2, -0.15) is 0 Å². The SMILES string of the molecule is NCCCn1cc(-c2cccc(OC(F)(F)F)c2)c2cc(CN3CCC(CN4CCN(c5ccc6c(c5)CN(C5CCC(=O)NC5=O)C6)CC4)CC3)ccc21. The van der Waals surface area contributed by atoms with E-state index in [0.29, 0.717) is 30.9 Å². The van der Waals surface area contributed by atoms with E-state index in [-0.39, 0.29) is 23.6 Å². The summed E-state index contributed by atoms with van der Waals surface area (Å²) in [5.41, 5.74) is 13.4. The van der Waals surface area contributed by atoms with E-state index in [1.54, 1.807) is 6.07 Å². The molecule has 4 aromatic rings. The second-order valence-electron chi connectivity index (χ2n) is 15.6. The van der Waals surface area contributed by atoms with E-state index in [1.165, 1.54) is 34.5 Å². The molecule has 10 nitrogen and oxygen atoms in total. The number of nitrogens with one attached hydrogen (secondary N) is 1. The first-order chi connectivity index (χ1) is 26.6. The molecule has 1 unspecified atom stereocenters. The number of nitrogens with two attached hydrogens (primary N) is 1. The molecule has 4 aliphatic heterocycles. The Morgan fingerprint density at radius 2 is 1.65 bits per heavy atom. The summed E-state index contributed by atoms with van der Waals surface area (Å²) in [4.78, 5) is 33.9. The maximum Gasteiger partial charge on any atom is 0.573 e. The van der Waals surface area contributed by atoms with Crippen molar-refractivity contribution in [2.75, 3.05) is 57.3 Å². The van der Waals surface area contributed by atoms with Gasteiger partial charge in [0, 0.05) is 93.7 Å². The van der Waals surface area contributed by atoms with Gasteiger partial charge in [0.25, 0.3) is 0 Å². The second kappa shape index (κ2) is 16.0. The smallest absolute Gasteiger partial charge is 0.406 e. The number of likely N-dealkylation sites (tertiary alicyclic amines) is 1. The maximum absolute atomic E-state index is 13.0. The lowest BCUT2D eigenvalue weighted by Crippen LogP contribution is -2.50. The van der Waals surface area contributed by atoms with Crippen LogP contribution in [0.2, 0.25) is 0 Å². The Labute approximate surface area is 320 Å². The van der Waals surface area contributed by atoms with Gasteiger partial charge in [-0.25, -0.2) is 0 Å². The fraction of sp³-hybridized carbons (Fsp3) is 0.476. The van der Waals surface area contributed by atoms with Crippen LogP contribution in [0.15, 0.2) is 66.9 Å². The molecule has 3 aromatic carbocycles. The monoisotopic (exact) mass is 757 g/mol. The number of ether oxygens (including phenoxy) is 1. The summed E-state index contributed by atoms with van der Waals surface area (Å²) >= 11 is 0. The quantitative estimate of drug-likeness (QED) is 0.188. The van der Waals surface area contributed by atoms with Crippen molar-refractivity contribution in [3.63, 3.8) is 0 Å². The summed E-state index contributed by atoms with van der Waals surface area (Å²) in [6, 6.07) is 19.2. The molecule has 1 aromatic heterocycles. The number of alkyl halides is 3. The Kier molecular flexibility index (Phi) is 10.9. The number of benzene rings is 3. The summed E-state index contributed by atoms with van der Waals surface area (Å²) in [7, 11) is 0. The van der Waals surface area contributed by atoms with Gasteiger partial charge >= 0.3 is 6.36 Å². The summed E-state index contributed by atoms with van der Waals surface area (Å²) in [6.07, 6.45) is 1.37. The largest absolute Gasteiger partial charge is 0.573 e. The molecule has 55 heavy (non-hydrogen) atoms. The second-order valence-corrected chi connectivity index (χ2v) is 15.6. The van der Waals surface area contributed by atoms with E-state index in [2.05, 4.69) is 70.6 Å². The lowest BCUT2D eigenvalue weighted by molar-refractivity contribution is -0.274. The van der Waals surface area contributed by atoms with Crippen molar-refractivity contribution in [3.8, 4) is 16.9 Å². The third kappa shape index (κ3) is 8.70. The molecule has 0 radical (unpaired) electrons. The summed E-state index contributed by atoms with van der Waals surface area (Å²) in [6.45, 7) is 10.9. The van der Waals surface area contributed by atoms with Crippen molar-refractivity contribution < 1.29 is 27.5 Å². The number of carbonyl (C=O) groups is 2. The van der Waals surface area contributed by atoms with Crippen LogP contribution in [-0.4, -0.2) is 95.8 Å². The first-order valence-electron chi connectivity index (χ1n) is 19.7. The van der Waals surface area contributed by atoms with Crippen molar-refractivity contribution in [1.29, 1.82) is 0 Å². The first kappa shape index (κ1) is 37.5. The standard InChI is InChI=1S/C42H50F3N7O3/c43-42(44,45)55-35-4-1-3-31(23-35)37-28-51(14-2-13-46)38-8-5-30(21-36(37)38)25-48-15-11-29(12-16-48)24-49-17-19-50(20-18-49)34-7-6-32-26-52(27-33(32)22-34)39-9-10-40(53)47-41(39)54/h1,3-8,21-23,28-29,39H,2,9-20,24-27,46H2,(H,47,53,54). The van der Waals surface area contributed by atoms with Gasteiger partial charge in [-0.15, -0.1) is 13.2 Å². The third-order valence-electron chi connectivity index (χ3n) is 11.9. The van der Waals surface area contributed by atoms with Gasteiger partial charge in [-0.05, 0) is 110 Å². The van der Waals surface area contributed by atoms with Gasteiger partial charge in [0.05, 0.1) is 6.04 Å². The molecule has 2 amide bonds. The zero-order valence-electron chi connectivity index (χ0n) is 31.2. The van der Waals surface area contributed by atoms with Crippen molar-refractivity contribution in [1.82, 2.24) is 24.6 Å². The topological polar surface area (TPSA) is 99.3 Å². The summed E-state index contributed by atoms with van der Waals surface area (Å²) < 4.78 is 45.4. The van der Waals surface area contributed by atoms with Crippen LogP contribution in [0, 0.1) is 5.92 Å². The highest BCUT2D eigenvalue weighted by Gasteiger charge is 2.35. The van der Waals surface area contributed by atoms with Crippen LogP contribution in [0.1, 0.15) is 48.8 Å². The van der Waals surface area contributed by atoms with Crippen molar-refractivity contribution in [2.45, 2.75) is 70.7 Å². The lowest BCUT2D eigenvalue weighted by atomic mass is 9.95. The highest BCUT2D eigenvalue weighted by molar-refractivity contribution is 6.00. The number of amides is 2. The number of hydrogen-bond donors (Lipinski definition) is 2. The molecule has 3 saturated heterocycles. The summed E-state index contributed by atoms with van der Waals surface area (Å²) in [5, 5.41) is 3.52. The zero-order valence-corrected chi connectivity index (χ0v) is 31.2. The molecular weight excluding hydrogens is 708 g/mol. The van der Waals surface area contributed by atoms with Crippen LogP contribution in [0.25, 0.3) is 22.0 Å². The van der Waals surface area contributed by atoms with Crippen LogP contribution < -0.4 is 20.7 Å². The van der Waals surface area contributed by atoms with Gasteiger partial charge in [0.1, 0.15) is 5.75 Å². The maximum atomic E-state index is 13.0. The molecule has 4 aliphatic rings. The minimum atomic E-state index is -4.75. The number of nitrogens with zero attached hydrogens (tertiary/aromatic N) is 5. The van der Waals surface area contributed by atoms with Gasteiger partial charge in [0.15, 0.2) is 0 Å². The average Bonchev–Trinajstić information content (AvgIpc) is 3.75. The van der Waals surface area contributed by atoms with Gasteiger partial charge in [0.2, 0.25) is 11.8 Å². The minimum Gasteiger partial charge on any atom is -0.406 e. The minimum absolute atomic E-state index is 0.170. The van der Waals surface area contributed by atoms with Crippen molar-refractivity contribution >= 4 is 28.4 Å². The fourth-order valence-corrected chi connectivity index (χ4v) is 8.97. The molecule has 292 valence electrons. The van der Waals surface area contributed by atoms with Crippen LogP contribution >= 0.6 is 0 Å². The number of aromatic nitrogens is 1. The highest BCUT2D eigenvalue weighted by Crippen LogP contribution is 2.36. The predicted molar refractivity (Wildman–Crippen MR) is 206 cm³/mol. The molecule has 8 rings (SSSR count). The number of rotatable bonds is 11. The molecule has 3 N–H and O–H groups in total. The van der Waals surface area contributed by atoms with E-state index < -0.39 is 6.36 Å². The predicted octanol–water partition coefficient (Wildman–Crippen LogP) is 5.71.